The van der Waals surface area contributed by atoms with Gasteiger partial charge in [-0.05, 0) is 64.2 Å². The molecular weight excluding hydrogens is 596 g/mol. The first-order valence-electron chi connectivity index (χ1n) is 14.6. The number of hydrogen-bond acceptors (Lipinski definition) is 9. The van der Waals surface area contributed by atoms with Crippen molar-refractivity contribution in [3.8, 4) is 5.75 Å². The highest BCUT2D eigenvalue weighted by Crippen LogP contribution is 2.44. The Bertz CT molecular complexity index is 1470. The molecule has 3 N–H and O–H groups in total. The summed E-state index contributed by atoms with van der Waals surface area (Å²) in [7, 11) is 0. The van der Waals surface area contributed by atoms with Gasteiger partial charge in [-0.25, -0.2) is 9.59 Å². The normalized spacial score (nSPS) is 16.5. The van der Waals surface area contributed by atoms with Crippen LogP contribution in [-0.4, -0.2) is 94.7 Å². The monoisotopic (exact) mass is 632 g/mol. The molecule has 1 atom stereocenters. The van der Waals surface area contributed by atoms with Crippen LogP contribution in [0, 0.1) is 6.92 Å². The SMILES string of the molecule is CCOC(=O)N1CCN(C(=O)C(CCC(=O)O)c2nc3cc(C)c(Cl)cc3c(OC3(C(=O)OCC)CCC3)c2C(N)=O)CC1. The number of pyridine rings is 1. The molecule has 238 valence electrons. The van der Waals surface area contributed by atoms with Crippen LogP contribution < -0.4 is 10.5 Å². The minimum Gasteiger partial charge on any atom is -0.481 e. The molecule has 1 saturated carbocycles. The number of rotatable bonds is 11. The van der Waals surface area contributed by atoms with Crippen molar-refractivity contribution in [2.24, 2.45) is 5.73 Å². The second kappa shape index (κ2) is 13.7. The average Bonchev–Trinajstić information content (AvgIpc) is 2.95. The molecule has 2 aromatic rings. The maximum Gasteiger partial charge on any atom is 0.409 e. The average molecular weight is 633 g/mol. The summed E-state index contributed by atoms with van der Waals surface area (Å²) in [6, 6.07) is 3.22. The number of fused-ring (bicyclic) bond motifs is 1. The number of halogens is 1. The molecule has 44 heavy (non-hydrogen) atoms. The quantitative estimate of drug-likeness (QED) is 0.349. The van der Waals surface area contributed by atoms with Gasteiger partial charge in [0.15, 0.2) is 0 Å². The van der Waals surface area contributed by atoms with Crippen molar-refractivity contribution in [2.45, 2.75) is 64.4 Å². The van der Waals surface area contributed by atoms with Gasteiger partial charge in [0.1, 0.15) is 11.3 Å². The lowest BCUT2D eigenvalue weighted by Gasteiger charge is -2.40. The Hall–Kier alpha value is -4.13. The number of carboxylic acids is 1. The maximum atomic E-state index is 14.1. The first kappa shape index (κ1) is 32.8. The third-order valence-corrected chi connectivity index (χ3v) is 8.40. The van der Waals surface area contributed by atoms with Crippen LogP contribution in [0.15, 0.2) is 12.1 Å². The van der Waals surface area contributed by atoms with Crippen molar-refractivity contribution in [1.29, 1.82) is 0 Å². The third kappa shape index (κ3) is 6.67. The van der Waals surface area contributed by atoms with E-state index >= 15 is 0 Å². The summed E-state index contributed by atoms with van der Waals surface area (Å²) < 4.78 is 16.7. The standard InChI is InChI=1S/C30H37ClN4O9/c1-4-42-28(40)30(9-6-10-30)44-25-19-16-20(31)17(3)15-21(19)33-24(23(25)26(32)38)18(7-8-22(36)37)27(39)34-11-13-35(14-12-34)29(41)43-5-2/h15-16,18H,4-14H2,1-3H3,(H2,32,38)(H,36,37). The highest BCUT2D eigenvalue weighted by molar-refractivity contribution is 6.32. The van der Waals surface area contributed by atoms with Gasteiger partial charge in [0.25, 0.3) is 5.91 Å². The van der Waals surface area contributed by atoms with E-state index in [9.17, 15) is 29.1 Å². The number of aliphatic carboxylic acids is 1. The molecule has 13 nitrogen and oxygen atoms in total. The zero-order chi connectivity index (χ0) is 32.2. The number of nitrogens with two attached hydrogens (primary N) is 1. The van der Waals surface area contributed by atoms with Crippen LogP contribution in [0.4, 0.5) is 4.79 Å². The van der Waals surface area contributed by atoms with Gasteiger partial charge >= 0.3 is 18.0 Å². The lowest BCUT2D eigenvalue weighted by Crippen LogP contribution is -2.52. The van der Waals surface area contributed by atoms with E-state index in [0.29, 0.717) is 40.8 Å². The number of amides is 3. The van der Waals surface area contributed by atoms with Crippen LogP contribution in [0.25, 0.3) is 10.9 Å². The largest absolute Gasteiger partial charge is 0.481 e. The molecule has 4 rings (SSSR count). The van der Waals surface area contributed by atoms with E-state index in [0.717, 1.165) is 0 Å². The van der Waals surface area contributed by atoms with E-state index in [4.69, 9.17) is 36.5 Å². The number of primary amides is 1. The molecule has 1 aromatic carbocycles. The van der Waals surface area contributed by atoms with Gasteiger partial charge < -0.3 is 34.9 Å². The van der Waals surface area contributed by atoms with Crippen molar-refractivity contribution < 1.29 is 43.3 Å². The van der Waals surface area contributed by atoms with Crippen LogP contribution in [-0.2, 0) is 23.9 Å². The summed E-state index contributed by atoms with van der Waals surface area (Å²) in [4.78, 5) is 71.9. The highest BCUT2D eigenvalue weighted by atomic mass is 35.5. The fourth-order valence-electron chi connectivity index (χ4n) is 5.47. The van der Waals surface area contributed by atoms with Gasteiger partial charge in [-0.3, -0.25) is 19.4 Å². The zero-order valence-corrected chi connectivity index (χ0v) is 25.8. The van der Waals surface area contributed by atoms with Crippen molar-refractivity contribution >= 4 is 52.4 Å². The van der Waals surface area contributed by atoms with Crippen LogP contribution in [0.5, 0.6) is 5.75 Å². The number of carboxylic acid groups (broad SMARTS) is 1. The molecule has 3 amide bonds. The second-order valence-electron chi connectivity index (χ2n) is 10.9. The second-order valence-corrected chi connectivity index (χ2v) is 11.3. The molecule has 1 aliphatic carbocycles. The lowest BCUT2D eigenvalue weighted by atomic mass is 9.79. The minimum atomic E-state index is -1.38. The lowest BCUT2D eigenvalue weighted by molar-refractivity contribution is -0.169. The Morgan fingerprint density at radius 1 is 1.05 bits per heavy atom. The van der Waals surface area contributed by atoms with Crippen LogP contribution in [0.3, 0.4) is 0 Å². The van der Waals surface area contributed by atoms with Gasteiger partial charge in [0, 0.05) is 43.0 Å². The first-order chi connectivity index (χ1) is 20.9. The third-order valence-electron chi connectivity index (χ3n) is 7.99. The Labute approximate surface area is 259 Å². The van der Waals surface area contributed by atoms with Crippen molar-refractivity contribution in [3.63, 3.8) is 0 Å². The molecule has 1 unspecified atom stereocenters. The predicted molar refractivity (Wildman–Crippen MR) is 159 cm³/mol. The van der Waals surface area contributed by atoms with Crippen molar-refractivity contribution in [2.75, 3.05) is 39.4 Å². The number of benzene rings is 1. The molecule has 14 heteroatoms. The number of carbonyl (C=O) groups is 5. The topological polar surface area (TPSA) is 179 Å². The number of hydrogen-bond donors (Lipinski definition) is 2. The van der Waals surface area contributed by atoms with Gasteiger partial charge in [-0.1, -0.05) is 11.6 Å². The summed E-state index contributed by atoms with van der Waals surface area (Å²) in [5, 5.41) is 10.2. The number of esters is 1. The summed E-state index contributed by atoms with van der Waals surface area (Å²) in [6.45, 7) is 6.19. The van der Waals surface area contributed by atoms with Crippen molar-refractivity contribution in [3.05, 3.63) is 34.0 Å². The number of aromatic nitrogens is 1. The number of piperazine rings is 1. The molecule has 2 aliphatic rings. The van der Waals surface area contributed by atoms with Gasteiger partial charge in [-0.15, -0.1) is 0 Å². The fraction of sp³-hybridized carbons (Fsp3) is 0.533. The van der Waals surface area contributed by atoms with E-state index in [-0.39, 0.29) is 62.8 Å². The van der Waals surface area contributed by atoms with E-state index in [1.54, 1.807) is 32.9 Å². The van der Waals surface area contributed by atoms with Gasteiger partial charge in [-0.2, -0.15) is 0 Å². The minimum absolute atomic E-state index is 0.0564. The highest BCUT2D eigenvalue weighted by Gasteiger charge is 2.49. The molecule has 0 bridgehead atoms. The Kier molecular flexibility index (Phi) is 10.2. The van der Waals surface area contributed by atoms with Gasteiger partial charge in [0.2, 0.25) is 11.5 Å². The molecule has 0 spiro atoms. The molecule has 1 aromatic heterocycles. The molecule has 1 aliphatic heterocycles. The number of carbonyl (C=O) groups excluding carboxylic acids is 4. The smallest absolute Gasteiger partial charge is 0.409 e. The van der Waals surface area contributed by atoms with Gasteiger partial charge in [0.05, 0.1) is 30.3 Å². The fourth-order valence-corrected chi connectivity index (χ4v) is 5.63. The summed E-state index contributed by atoms with van der Waals surface area (Å²) >= 11 is 6.46. The van der Waals surface area contributed by atoms with Crippen molar-refractivity contribution in [1.82, 2.24) is 14.8 Å². The first-order valence-corrected chi connectivity index (χ1v) is 15.0. The zero-order valence-electron chi connectivity index (χ0n) is 25.0. The Morgan fingerprint density at radius 2 is 1.68 bits per heavy atom. The summed E-state index contributed by atoms with van der Waals surface area (Å²) in [6.07, 6.45) is 0.248. The van der Waals surface area contributed by atoms with Crippen LogP contribution in [0.1, 0.15) is 73.5 Å². The molecule has 0 radical (unpaired) electrons. The summed E-state index contributed by atoms with van der Waals surface area (Å²) in [5.41, 5.74) is 5.24. The summed E-state index contributed by atoms with van der Waals surface area (Å²) in [5.74, 6) is -4.46. The predicted octanol–water partition coefficient (Wildman–Crippen LogP) is 3.41. The molecular formula is C30H37ClN4O9. The number of aryl methyl sites for hydroxylation is 1. The Morgan fingerprint density at radius 3 is 2.23 bits per heavy atom. The molecule has 1 saturated heterocycles. The van der Waals surface area contributed by atoms with E-state index in [1.165, 1.54) is 9.80 Å². The van der Waals surface area contributed by atoms with Crippen LogP contribution >= 0.6 is 11.6 Å². The number of ether oxygens (including phenoxy) is 3. The molecule has 2 fully saturated rings. The van der Waals surface area contributed by atoms with E-state index < -0.39 is 47.8 Å². The molecule has 2 heterocycles. The van der Waals surface area contributed by atoms with E-state index in [2.05, 4.69) is 0 Å². The maximum absolute atomic E-state index is 14.1. The van der Waals surface area contributed by atoms with Crippen LogP contribution in [0.2, 0.25) is 5.02 Å². The number of nitrogens with zero attached hydrogens (tertiary/aromatic N) is 3. The van der Waals surface area contributed by atoms with E-state index in [1.807, 2.05) is 0 Å². The Balaban J connectivity index is 1.85.